The van der Waals surface area contributed by atoms with Gasteiger partial charge in [-0.1, -0.05) is 6.07 Å². The molecule has 0 unspecified atom stereocenters. The lowest BCUT2D eigenvalue weighted by Gasteiger charge is -2.18. The summed E-state index contributed by atoms with van der Waals surface area (Å²) in [5.41, 5.74) is -0.770. The average Bonchev–Trinajstić information content (AvgIpc) is 3.36. The van der Waals surface area contributed by atoms with Crippen molar-refractivity contribution in [3.63, 3.8) is 0 Å². The van der Waals surface area contributed by atoms with Crippen LogP contribution in [-0.2, 0) is 36.8 Å². The summed E-state index contributed by atoms with van der Waals surface area (Å²) in [5.74, 6) is -0.562. The van der Waals surface area contributed by atoms with E-state index in [2.05, 4.69) is 9.84 Å². The van der Waals surface area contributed by atoms with E-state index in [0.29, 0.717) is 12.0 Å². The molecule has 3 rings (SSSR count). The number of rotatable bonds is 6. The number of carbonyl (C=O) groups excluding carboxylic acids is 1. The van der Waals surface area contributed by atoms with Gasteiger partial charge in [0.1, 0.15) is 6.54 Å². The predicted molar refractivity (Wildman–Crippen MR) is 100 cm³/mol. The molecule has 0 saturated heterocycles. The van der Waals surface area contributed by atoms with Crippen LogP contribution in [0.2, 0.25) is 0 Å². The molecule has 1 aromatic heterocycles. The maximum absolute atomic E-state index is 13.8. The number of hydrogen-bond donors (Lipinski definition) is 0. The third-order valence-electron chi connectivity index (χ3n) is 5.19. The number of ether oxygens (including phenoxy) is 2. The fourth-order valence-electron chi connectivity index (χ4n) is 3.55. The number of benzene rings is 1. The van der Waals surface area contributed by atoms with Gasteiger partial charge in [-0.15, -0.1) is 0 Å². The molecule has 1 aliphatic rings. The molecule has 164 valence electrons. The summed E-state index contributed by atoms with van der Waals surface area (Å²) in [6, 6.07) is 3.10. The van der Waals surface area contributed by atoms with Crippen molar-refractivity contribution in [2.24, 2.45) is 0 Å². The second-order valence-corrected chi connectivity index (χ2v) is 9.25. The second kappa shape index (κ2) is 8.38. The van der Waals surface area contributed by atoms with Crippen molar-refractivity contribution in [3.8, 4) is 11.1 Å². The molecule has 0 amide bonds. The first-order valence-electron chi connectivity index (χ1n) is 9.14. The molecule has 2 atom stereocenters. The number of carbonyl (C=O) groups is 1. The number of nitrogens with zero attached hydrogens (tertiary/aromatic N) is 2. The summed E-state index contributed by atoms with van der Waals surface area (Å²) >= 11 is 0. The number of methoxy groups -OCH3 is 2. The molecular formula is C19H21F3N2O5S. The number of aromatic nitrogens is 2. The summed E-state index contributed by atoms with van der Waals surface area (Å²) in [6.45, 7) is -0.197. The standard InChI is InChI=1S/C19H21F3N2O5S/c1-28-14-4-5-15(8-14)30(26,27)17-6-3-12(7-16(17)19(20,21)22)13-9-23-24(10-13)11-18(25)29-2/h3,6-7,9-10,14-15H,4-5,8,11H2,1-2H3/t14-,15+/m0/s1. The van der Waals surface area contributed by atoms with E-state index >= 15 is 0 Å². The van der Waals surface area contributed by atoms with Crippen molar-refractivity contribution in [1.29, 1.82) is 0 Å². The summed E-state index contributed by atoms with van der Waals surface area (Å²) in [4.78, 5) is 10.6. The first-order valence-corrected chi connectivity index (χ1v) is 10.7. The first-order chi connectivity index (χ1) is 14.1. The Kier molecular flexibility index (Phi) is 6.23. The Balaban J connectivity index is 1.98. The molecule has 30 heavy (non-hydrogen) atoms. The Bertz CT molecular complexity index is 1030. The zero-order valence-corrected chi connectivity index (χ0v) is 17.2. The van der Waals surface area contributed by atoms with Gasteiger partial charge in [-0.3, -0.25) is 9.48 Å². The average molecular weight is 446 g/mol. The van der Waals surface area contributed by atoms with Gasteiger partial charge >= 0.3 is 12.1 Å². The van der Waals surface area contributed by atoms with E-state index in [9.17, 15) is 26.4 Å². The predicted octanol–water partition coefficient (Wildman–Crippen LogP) is 3.08. The molecule has 0 radical (unpaired) electrons. The second-order valence-electron chi connectivity index (χ2n) is 7.05. The Hall–Kier alpha value is -2.40. The van der Waals surface area contributed by atoms with E-state index in [0.717, 1.165) is 12.1 Å². The molecule has 1 heterocycles. The van der Waals surface area contributed by atoms with Crippen LogP contribution in [0.4, 0.5) is 13.2 Å². The van der Waals surface area contributed by atoms with E-state index in [1.807, 2.05) is 0 Å². The number of sulfone groups is 1. The van der Waals surface area contributed by atoms with E-state index in [1.165, 1.54) is 37.4 Å². The van der Waals surface area contributed by atoms with Gasteiger partial charge in [-0.25, -0.2) is 8.42 Å². The third-order valence-corrected chi connectivity index (χ3v) is 7.46. The Morgan fingerprint density at radius 2 is 1.97 bits per heavy atom. The smallest absolute Gasteiger partial charge is 0.417 e. The molecule has 0 bridgehead atoms. The van der Waals surface area contributed by atoms with E-state index in [1.54, 1.807) is 0 Å². The summed E-state index contributed by atoms with van der Waals surface area (Å²) in [5, 5.41) is 3.01. The molecule has 2 aromatic rings. The minimum Gasteiger partial charge on any atom is -0.468 e. The van der Waals surface area contributed by atoms with Crippen LogP contribution in [0.5, 0.6) is 0 Å². The van der Waals surface area contributed by atoms with Crippen LogP contribution in [0, 0.1) is 0 Å². The topological polar surface area (TPSA) is 87.5 Å². The Morgan fingerprint density at radius 3 is 2.57 bits per heavy atom. The Morgan fingerprint density at radius 1 is 1.23 bits per heavy atom. The highest BCUT2D eigenvalue weighted by molar-refractivity contribution is 7.92. The van der Waals surface area contributed by atoms with Crippen LogP contribution in [0.3, 0.4) is 0 Å². The summed E-state index contributed by atoms with van der Waals surface area (Å²) in [6.07, 6.45) is -1.55. The van der Waals surface area contributed by atoms with Crippen LogP contribution in [0.25, 0.3) is 11.1 Å². The highest BCUT2D eigenvalue weighted by atomic mass is 32.2. The quantitative estimate of drug-likeness (QED) is 0.634. The normalized spacial score (nSPS) is 19.8. The molecule has 1 aromatic carbocycles. The van der Waals surface area contributed by atoms with Gasteiger partial charge in [0.2, 0.25) is 0 Å². The van der Waals surface area contributed by atoms with E-state index in [4.69, 9.17) is 4.74 Å². The van der Waals surface area contributed by atoms with Gasteiger partial charge in [0.25, 0.3) is 0 Å². The van der Waals surface area contributed by atoms with Crippen molar-refractivity contribution in [2.45, 2.75) is 48.2 Å². The molecule has 1 aliphatic carbocycles. The van der Waals surface area contributed by atoms with Crippen LogP contribution in [0.1, 0.15) is 24.8 Å². The van der Waals surface area contributed by atoms with Crippen molar-refractivity contribution < 1.29 is 35.9 Å². The van der Waals surface area contributed by atoms with Gasteiger partial charge in [0, 0.05) is 18.9 Å². The molecule has 11 heteroatoms. The number of esters is 1. The minimum absolute atomic E-state index is 0.138. The molecular weight excluding hydrogens is 425 g/mol. The number of alkyl halides is 3. The van der Waals surface area contributed by atoms with Gasteiger partial charge in [-0.2, -0.15) is 18.3 Å². The summed E-state index contributed by atoms with van der Waals surface area (Å²) < 4.78 is 78.1. The zero-order chi connectivity index (χ0) is 22.1. The molecule has 1 saturated carbocycles. The fraction of sp³-hybridized carbons (Fsp3) is 0.474. The van der Waals surface area contributed by atoms with Gasteiger partial charge in [0.05, 0.1) is 35.1 Å². The Labute approximate surface area is 171 Å². The van der Waals surface area contributed by atoms with Crippen molar-refractivity contribution in [3.05, 3.63) is 36.2 Å². The zero-order valence-electron chi connectivity index (χ0n) is 16.3. The third kappa shape index (κ3) is 4.51. The van der Waals surface area contributed by atoms with Gasteiger partial charge < -0.3 is 9.47 Å². The van der Waals surface area contributed by atoms with Gasteiger partial charge in [-0.05, 0) is 37.0 Å². The van der Waals surface area contributed by atoms with E-state index < -0.39 is 37.7 Å². The largest absolute Gasteiger partial charge is 0.468 e. The molecule has 0 spiro atoms. The number of hydrogen-bond acceptors (Lipinski definition) is 6. The lowest BCUT2D eigenvalue weighted by Crippen LogP contribution is -2.23. The maximum atomic E-state index is 13.8. The minimum atomic E-state index is -4.86. The lowest BCUT2D eigenvalue weighted by molar-refractivity contribution is -0.141. The van der Waals surface area contributed by atoms with E-state index in [-0.39, 0.29) is 31.1 Å². The highest BCUT2D eigenvalue weighted by Crippen LogP contribution is 2.40. The molecule has 1 fully saturated rings. The van der Waals surface area contributed by atoms with Gasteiger partial charge in [0.15, 0.2) is 9.84 Å². The van der Waals surface area contributed by atoms with Crippen molar-refractivity contribution >= 4 is 15.8 Å². The lowest BCUT2D eigenvalue weighted by atomic mass is 10.1. The highest BCUT2D eigenvalue weighted by Gasteiger charge is 2.42. The summed E-state index contributed by atoms with van der Waals surface area (Å²) in [7, 11) is -1.53. The van der Waals surface area contributed by atoms with Crippen LogP contribution < -0.4 is 0 Å². The maximum Gasteiger partial charge on any atom is 0.417 e. The fourth-order valence-corrected chi connectivity index (χ4v) is 5.56. The SMILES string of the molecule is COC(=O)Cn1cc(-c2ccc(S(=O)(=O)[C@@H]3CC[C@H](OC)C3)c(C(F)(F)F)c2)cn1. The monoisotopic (exact) mass is 446 g/mol. The first kappa shape index (κ1) is 22.3. The van der Waals surface area contributed by atoms with Crippen LogP contribution in [0.15, 0.2) is 35.5 Å². The van der Waals surface area contributed by atoms with Crippen molar-refractivity contribution in [2.75, 3.05) is 14.2 Å². The molecule has 0 N–H and O–H groups in total. The number of halogens is 3. The van der Waals surface area contributed by atoms with Crippen LogP contribution >= 0.6 is 0 Å². The van der Waals surface area contributed by atoms with Crippen LogP contribution in [-0.4, -0.2) is 49.7 Å². The molecule has 7 nitrogen and oxygen atoms in total. The molecule has 0 aliphatic heterocycles. The van der Waals surface area contributed by atoms with Crippen molar-refractivity contribution in [1.82, 2.24) is 9.78 Å².